The summed E-state index contributed by atoms with van der Waals surface area (Å²) in [5, 5.41) is 15.2. The third-order valence-electron chi connectivity index (χ3n) is 2.86. The number of pyridine rings is 1. The molecule has 0 aliphatic rings. The van der Waals surface area contributed by atoms with E-state index in [1.54, 1.807) is 24.4 Å². The summed E-state index contributed by atoms with van der Waals surface area (Å²) < 4.78 is 10.5. The van der Waals surface area contributed by atoms with Crippen LogP contribution >= 0.6 is 0 Å². The van der Waals surface area contributed by atoms with Gasteiger partial charge in [0, 0.05) is 6.20 Å². The van der Waals surface area contributed by atoms with Crippen molar-refractivity contribution in [2.45, 2.75) is 6.92 Å². The van der Waals surface area contributed by atoms with Gasteiger partial charge in [-0.2, -0.15) is 5.10 Å². The summed E-state index contributed by atoms with van der Waals surface area (Å²) in [5.41, 5.74) is 2.87. The fourth-order valence-electron chi connectivity index (χ4n) is 1.85. The molecule has 0 unspecified atom stereocenters. The standard InChI is InChI=1S/C15H16N4O4/c1-3-23-14-8-11(12(19(20)21)9-13(14)22-2)10-17-18-15-6-4-5-7-16-15/h4-10H,3H2,1-2H3,(H,16,18). The zero-order chi connectivity index (χ0) is 16.7. The van der Waals surface area contributed by atoms with Crippen LogP contribution in [0.15, 0.2) is 41.6 Å². The van der Waals surface area contributed by atoms with E-state index in [-0.39, 0.29) is 5.69 Å². The zero-order valence-electron chi connectivity index (χ0n) is 12.7. The van der Waals surface area contributed by atoms with Crippen LogP contribution in [-0.2, 0) is 0 Å². The smallest absolute Gasteiger partial charge is 0.282 e. The Morgan fingerprint density at radius 2 is 2.22 bits per heavy atom. The second kappa shape index (κ2) is 7.74. The maximum atomic E-state index is 11.2. The molecule has 8 heteroatoms. The lowest BCUT2D eigenvalue weighted by Gasteiger charge is -2.10. The van der Waals surface area contributed by atoms with Crippen LogP contribution in [-0.4, -0.2) is 29.8 Å². The van der Waals surface area contributed by atoms with Crippen molar-refractivity contribution >= 4 is 17.7 Å². The number of methoxy groups -OCH3 is 1. The summed E-state index contributed by atoms with van der Waals surface area (Å²) in [6.45, 7) is 2.23. The number of nitrogens with zero attached hydrogens (tertiary/aromatic N) is 3. The number of nitrogens with one attached hydrogen (secondary N) is 1. The lowest BCUT2D eigenvalue weighted by molar-refractivity contribution is -0.385. The molecule has 0 atom stereocenters. The van der Waals surface area contributed by atoms with Crippen LogP contribution in [0.5, 0.6) is 11.5 Å². The highest BCUT2D eigenvalue weighted by molar-refractivity contribution is 5.87. The van der Waals surface area contributed by atoms with Crippen molar-refractivity contribution in [3.8, 4) is 11.5 Å². The Morgan fingerprint density at radius 3 is 2.83 bits per heavy atom. The number of benzene rings is 1. The molecule has 0 aliphatic heterocycles. The average Bonchev–Trinajstić information content (AvgIpc) is 2.56. The Hall–Kier alpha value is -3.16. The Kier molecular flexibility index (Phi) is 5.45. The van der Waals surface area contributed by atoms with Gasteiger partial charge in [0.05, 0.1) is 36.5 Å². The van der Waals surface area contributed by atoms with Gasteiger partial charge in [0.15, 0.2) is 11.5 Å². The second-order valence-corrected chi connectivity index (χ2v) is 4.34. The van der Waals surface area contributed by atoms with Gasteiger partial charge in [0.2, 0.25) is 0 Å². The number of rotatable bonds is 7. The highest BCUT2D eigenvalue weighted by Gasteiger charge is 2.18. The van der Waals surface area contributed by atoms with Crippen molar-refractivity contribution in [2.24, 2.45) is 5.10 Å². The van der Waals surface area contributed by atoms with Crippen LogP contribution in [0.2, 0.25) is 0 Å². The molecule has 0 fully saturated rings. The van der Waals surface area contributed by atoms with Crippen molar-refractivity contribution in [3.05, 3.63) is 52.2 Å². The maximum Gasteiger partial charge on any atom is 0.282 e. The minimum atomic E-state index is -0.500. The lowest BCUT2D eigenvalue weighted by atomic mass is 10.1. The number of hydrogen-bond donors (Lipinski definition) is 1. The molecule has 1 heterocycles. The van der Waals surface area contributed by atoms with Crippen LogP contribution in [0.25, 0.3) is 0 Å². The fraction of sp³-hybridized carbons (Fsp3) is 0.200. The quantitative estimate of drug-likeness (QED) is 0.479. The molecule has 0 aliphatic carbocycles. The number of anilines is 1. The van der Waals surface area contributed by atoms with Crippen molar-refractivity contribution in [3.63, 3.8) is 0 Å². The number of ether oxygens (including phenoxy) is 2. The minimum absolute atomic E-state index is 0.128. The molecular weight excluding hydrogens is 300 g/mol. The molecule has 0 saturated heterocycles. The molecule has 120 valence electrons. The first kappa shape index (κ1) is 16.2. The van der Waals surface area contributed by atoms with E-state index >= 15 is 0 Å². The van der Waals surface area contributed by atoms with E-state index in [4.69, 9.17) is 9.47 Å². The lowest BCUT2D eigenvalue weighted by Crippen LogP contribution is -2.01. The normalized spacial score (nSPS) is 10.5. The molecule has 0 bridgehead atoms. The molecule has 0 amide bonds. The van der Waals surface area contributed by atoms with Crippen LogP contribution in [0.1, 0.15) is 12.5 Å². The summed E-state index contributed by atoms with van der Waals surface area (Å²) in [4.78, 5) is 14.7. The zero-order valence-corrected chi connectivity index (χ0v) is 12.7. The molecule has 2 aromatic rings. The van der Waals surface area contributed by atoms with Gasteiger partial charge in [0.1, 0.15) is 5.82 Å². The Bertz CT molecular complexity index is 704. The van der Waals surface area contributed by atoms with Gasteiger partial charge in [-0.05, 0) is 25.1 Å². The molecule has 1 aromatic heterocycles. The number of nitro benzene ring substituents is 1. The number of hydrazone groups is 1. The average molecular weight is 316 g/mol. The molecule has 23 heavy (non-hydrogen) atoms. The van der Waals surface area contributed by atoms with E-state index < -0.39 is 4.92 Å². The molecule has 0 spiro atoms. The van der Waals surface area contributed by atoms with Gasteiger partial charge in [0.25, 0.3) is 5.69 Å². The topological polar surface area (TPSA) is 98.9 Å². The molecule has 8 nitrogen and oxygen atoms in total. The minimum Gasteiger partial charge on any atom is -0.493 e. The van der Waals surface area contributed by atoms with E-state index in [0.29, 0.717) is 29.5 Å². The summed E-state index contributed by atoms with van der Waals surface area (Å²) >= 11 is 0. The maximum absolute atomic E-state index is 11.2. The highest BCUT2D eigenvalue weighted by atomic mass is 16.6. The summed E-state index contributed by atoms with van der Waals surface area (Å²) in [7, 11) is 1.43. The van der Waals surface area contributed by atoms with E-state index in [1.807, 2.05) is 6.92 Å². The highest BCUT2D eigenvalue weighted by Crippen LogP contribution is 2.34. The van der Waals surface area contributed by atoms with Crippen LogP contribution in [0, 0.1) is 10.1 Å². The molecule has 1 N–H and O–H groups in total. The predicted molar refractivity (Wildman–Crippen MR) is 86.3 cm³/mol. The first-order chi connectivity index (χ1) is 11.2. The number of hydrogen-bond acceptors (Lipinski definition) is 7. The first-order valence-corrected chi connectivity index (χ1v) is 6.85. The molecule has 1 aromatic carbocycles. The van der Waals surface area contributed by atoms with Gasteiger partial charge in [-0.25, -0.2) is 4.98 Å². The Morgan fingerprint density at radius 1 is 1.39 bits per heavy atom. The second-order valence-electron chi connectivity index (χ2n) is 4.34. The first-order valence-electron chi connectivity index (χ1n) is 6.85. The van der Waals surface area contributed by atoms with Crippen molar-refractivity contribution in [1.29, 1.82) is 0 Å². The van der Waals surface area contributed by atoms with Crippen molar-refractivity contribution < 1.29 is 14.4 Å². The molecule has 0 radical (unpaired) electrons. The third-order valence-corrected chi connectivity index (χ3v) is 2.86. The summed E-state index contributed by atoms with van der Waals surface area (Å²) in [6.07, 6.45) is 2.95. The largest absolute Gasteiger partial charge is 0.493 e. The predicted octanol–water partition coefficient (Wildman–Crippen LogP) is 2.84. The third kappa shape index (κ3) is 4.16. The molecule has 2 rings (SSSR count). The van der Waals surface area contributed by atoms with E-state index in [2.05, 4.69) is 15.5 Å². The van der Waals surface area contributed by atoms with Gasteiger partial charge < -0.3 is 9.47 Å². The SMILES string of the molecule is CCOc1cc(C=NNc2ccccn2)c([N+](=O)[O-])cc1OC. The number of nitro groups is 1. The summed E-state index contributed by atoms with van der Waals surface area (Å²) in [5.74, 6) is 1.25. The van der Waals surface area contributed by atoms with Gasteiger partial charge >= 0.3 is 0 Å². The van der Waals surface area contributed by atoms with Crippen molar-refractivity contribution in [1.82, 2.24) is 4.98 Å². The summed E-state index contributed by atoms with van der Waals surface area (Å²) in [6, 6.07) is 8.13. The Balaban J connectivity index is 2.31. The number of aromatic nitrogens is 1. The Labute approximate surface area is 132 Å². The molecule has 0 saturated carbocycles. The van der Waals surface area contributed by atoms with Crippen LogP contribution in [0.4, 0.5) is 11.5 Å². The van der Waals surface area contributed by atoms with E-state index in [9.17, 15) is 10.1 Å². The monoisotopic (exact) mass is 316 g/mol. The van der Waals surface area contributed by atoms with Gasteiger partial charge in [-0.1, -0.05) is 6.07 Å². The van der Waals surface area contributed by atoms with Crippen LogP contribution in [0.3, 0.4) is 0 Å². The molecular formula is C15H16N4O4. The van der Waals surface area contributed by atoms with Gasteiger partial charge in [-0.3, -0.25) is 15.5 Å². The van der Waals surface area contributed by atoms with Crippen molar-refractivity contribution in [2.75, 3.05) is 19.1 Å². The fourth-order valence-corrected chi connectivity index (χ4v) is 1.85. The van der Waals surface area contributed by atoms with Gasteiger partial charge in [-0.15, -0.1) is 0 Å². The van der Waals surface area contributed by atoms with Crippen LogP contribution < -0.4 is 14.9 Å². The van der Waals surface area contributed by atoms with E-state index in [0.717, 1.165) is 0 Å². The van der Waals surface area contributed by atoms with E-state index in [1.165, 1.54) is 25.5 Å².